The molecule has 80 heavy (non-hydrogen) atoms. The van der Waals surface area contributed by atoms with Crippen LogP contribution in [0.3, 0.4) is 0 Å². The lowest BCUT2D eigenvalue weighted by Gasteiger charge is -2.22. The molecule has 0 bridgehead atoms. The maximum atomic E-state index is 12.5. The van der Waals surface area contributed by atoms with Crippen molar-refractivity contribution in [3.8, 4) is 0 Å². The molecule has 0 aliphatic heterocycles. The van der Waals surface area contributed by atoms with Crippen LogP contribution in [0, 0.1) is 0 Å². The Morgan fingerprint density at radius 2 is 0.512 bits per heavy atom. The summed E-state index contributed by atoms with van der Waals surface area (Å²) in [4.78, 5) is 24.6. The zero-order chi connectivity index (χ0) is 57.8. The highest BCUT2D eigenvalue weighted by atomic mass is 16.5. The van der Waals surface area contributed by atoms with Gasteiger partial charge in [-0.15, -0.1) is 0 Å². The van der Waals surface area contributed by atoms with Gasteiger partial charge in [-0.2, -0.15) is 0 Å². The smallest absolute Gasteiger partial charge is 0.305 e. The summed E-state index contributed by atoms with van der Waals surface area (Å²) >= 11 is 0. The van der Waals surface area contributed by atoms with Crippen molar-refractivity contribution >= 4 is 11.9 Å². The fourth-order valence-corrected chi connectivity index (χ4v) is 12.2. The molecule has 2 unspecified atom stereocenters. The molecule has 0 saturated carbocycles. The monoisotopic (exact) mass is 1130 g/mol. The molecule has 478 valence electrons. The summed E-state index contributed by atoms with van der Waals surface area (Å²) in [5.41, 5.74) is 0. The van der Waals surface area contributed by atoms with Crippen LogP contribution in [0.5, 0.6) is 0 Å². The Morgan fingerprint density at radius 1 is 0.300 bits per heavy atom. The molecule has 1 amide bonds. The topological polar surface area (TPSA) is 95.9 Å². The second kappa shape index (κ2) is 70.3. The van der Waals surface area contributed by atoms with Crippen molar-refractivity contribution < 1.29 is 24.5 Å². The van der Waals surface area contributed by atoms with Crippen molar-refractivity contribution in [2.45, 2.75) is 450 Å². The summed E-state index contributed by atoms with van der Waals surface area (Å²) in [6.07, 6.45) is 86.1. The number of aliphatic hydroxyl groups is 2. The van der Waals surface area contributed by atoms with E-state index in [1.807, 2.05) is 0 Å². The summed E-state index contributed by atoms with van der Waals surface area (Å²) in [7, 11) is 0. The third-order valence-electron chi connectivity index (χ3n) is 17.9. The van der Waals surface area contributed by atoms with Crippen molar-refractivity contribution in [2.24, 2.45) is 0 Å². The Morgan fingerprint density at radius 3 is 0.762 bits per heavy atom. The molecule has 0 heterocycles. The number of nitrogens with one attached hydrogen (secondary N) is 1. The second-order valence-corrected chi connectivity index (χ2v) is 26.0. The van der Waals surface area contributed by atoms with Crippen LogP contribution in [0.15, 0.2) is 0 Å². The minimum atomic E-state index is -0.659. The fraction of sp³-hybridized carbons (Fsp3) is 0.973. The van der Waals surface area contributed by atoms with Crippen molar-refractivity contribution in [1.82, 2.24) is 5.32 Å². The zero-order valence-electron chi connectivity index (χ0n) is 54.9. The first-order valence-electron chi connectivity index (χ1n) is 37.3. The summed E-state index contributed by atoms with van der Waals surface area (Å²) < 4.78 is 5.51. The molecule has 0 spiro atoms. The van der Waals surface area contributed by atoms with Crippen LogP contribution in [0.2, 0.25) is 0 Å². The Hall–Kier alpha value is -1.14. The molecule has 0 aromatic heterocycles. The van der Waals surface area contributed by atoms with Crippen molar-refractivity contribution in [3.63, 3.8) is 0 Å². The summed E-state index contributed by atoms with van der Waals surface area (Å²) in [5, 5.41) is 23.3. The van der Waals surface area contributed by atoms with Gasteiger partial charge in [0.2, 0.25) is 5.91 Å². The van der Waals surface area contributed by atoms with E-state index in [2.05, 4.69) is 19.2 Å². The number of unbranched alkanes of at least 4 members (excludes halogenated alkanes) is 60. The van der Waals surface area contributed by atoms with Crippen LogP contribution in [0.1, 0.15) is 438 Å². The number of hydrogen-bond acceptors (Lipinski definition) is 5. The number of amides is 1. The molecule has 0 aliphatic carbocycles. The first-order valence-corrected chi connectivity index (χ1v) is 37.3. The number of carbonyl (C=O) groups excluding carboxylic acids is 2. The van der Waals surface area contributed by atoms with Gasteiger partial charge in [-0.05, 0) is 25.7 Å². The molecular weight excluding hydrogens is 983 g/mol. The molecule has 0 saturated heterocycles. The van der Waals surface area contributed by atoms with Gasteiger partial charge in [0.25, 0.3) is 0 Å². The summed E-state index contributed by atoms with van der Waals surface area (Å²) in [5.74, 6) is -0.000371. The van der Waals surface area contributed by atoms with Gasteiger partial charge in [-0.1, -0.05) is 399 Å². The maximum Gasteiger partial charge on any atom is 0.305 e. The number of aliphatic hydroxyl groups excluding tert-OH is 2. The average Bonchev–Trinajstić information content (AvgIpc) is 3.46. The van der Waals surface area contributed by atoms with E-state index >= 15 is 0 Å². The summed E-state index contributed by atoms with van der Waals surface area (Å²) in [6, 6.07) is -0.536. The van der Waals surface area contributed by atoms with E-state index in [0.29, 0.717) is 25.9 Å². The predicted octanol–water partition coefficient (Wildman–Crippen LogP) is 24.2. The van der Waals surface area contributed by atoms with Crippen LogP contribution < -0.4 is 5.32 Å². The van der Waals surface area contributed by atoms with E-state index in [4.69, 9.17) is 4.74 Å². The second-order valence-electron chi connectivity index (χ2n) is 26.0. The van der Waals surface area contributed by atoms with E-state index in [1.54, 1.807) is 0 Å². The van der Waals surface area contributed by atoms with Gasteiger partial charge in [0, 0.05) is 12.8 Å². The molecule has 0 aromatic rings. The minimum Gasteiger partial charge on any atom is -0.466 e. The standard InChI is InChI=1S/C74H147NO5/c1-3-5-7-9-11-13-15-17-19-36-40-44-48-52-56-60-64-68-74(79)80-69-65-61-57-53-49-45-41-38-35-33-31-29-27-25-23-21-20-22-24-26-28-30-32-34-37-39-43-47-51-55-59-63-67-73(78)75-71(70-76)72(77)66-62-58-54-50-46-42-18-16-14-12-10-8-6-4-2/h71-72,76-77H,3-70H2,1-2H3,(H,75,78). The number of esters is 1. The SMILES string of the molecule is CCCCCCCCCCCCCCCCCCCC(=O)OCCCCCCCCCCCCCCCCCCCCCCCCCCCCCCCCCCC(=O)NC(CO)C(O)CCCCCCCCCCCCCCCC. The lowest BCUT2D eigenvalue weighted by Crippen LogP contribution is -2.45. The van der Waals surface area contributed by atoms with E-state index in [0.717, 1.165) is 38.5 Å². The molecule has 6 heteroatoms. The molecule has 3 N–H and O–H groups in total. The molecule has 0 radical (unpaired) electrons. The van der Waals surface area contributed by atoms with Gasteiger partial charge in [0.05, 0.1) is 25.4 Å². The van der Waals surface area contributed by atoms with Crippen molar-refractivity contribution in [1.29, 1.82) is 0 Å². The molecule has 0 rings (SSSR count). The highest BCUT2D eigenvalue weighted by Gasteiger charge is 2.20. The van der Waals surface area contributed by atoms with Gasteiger partial charge < -0.3 is 20.3 Å². The molecule has 0 fully saturated rings. The molecule has 0 aromatic carbocycles. The third kappa shape index (κ3) is 66.0. The number of hydrogen-bond donors (Lipinski definition) is 3. The quantitative estimate of drug-likeness (QED) is 0.0417. The van der Waals surface area contributed by atoms with Gasteiger partial charge in [0.15, 0.2) is 0 Å². The average molecular weight is 1130 g/mol. The molecule has 0 aliphatic rings. The van der Waals surface area contributed by atoms with Gasteiger partial charge in [0.1, 0.15) is 0 Å². The van der Waals surface area contributed by atoms with Gasteiger partial charge >= 0.3 is 5.97 Å². The van der Waals surface area contributed by atoms with Crippen LogP contribution in [0.25, 0.3) is 0 Å². The fourth-order valence-electron chi connectivity index (χ4n) is 12.2. The van der Waals surface area contributed by atoms with Crippen LogP contribution >= 0.6 is 0 Å². The number of rotatable bonds is 71. The van der Waals surface area contributed by atoms with Gasteiger partial charge in [-0.25, -0.2) is 0 Å². The molecule has 2 atom stereocenters. The Balaban J connectivity index is 3.29. The Kier molecular flexibility index (Phi) is 69.3. The number of carbonyl (C=O) groups is 2. The van der Waals surface area contributed by atoms with Gasteiger partial charge in [-0.3, -0.25) is 9.59 Å². The first-order chi connectivity index (χ1) is 39.5. The van der Waals surface area contributed by atoms with Crippen LogP contribution in [-0.4, -0.2) is 47.4 Å². The van der Waals surface area contributed by atoms with Crippen molar-refractivity contribution in [2.75, 3.05) is 13.2 Å². The molecule has 6 nitrogen and oxygen atoms in total. The van der Waals surface area contributed by atoms with E-state index in [9.17, 15) is 19.8 Å². The molecular formula is C74H147NO5. The predicted molar refractivity (Wildman–Crippen MR) is 352 cm³/mol. The Labute approximate surface area is 502 Å². The highest BCUT2D eigenvalue weighted by molar-refractivity contribution is 5.76. The van der Waals surface area contributed by atoms with Crippen LogP contribution in [-0.2, 0) is 14.3 Å². The van der Waals surface area contributed by atoms with Crippen molar-refractivity contribution in [3.05, 3.63) is 0 Å². The lowest BCUT2D eigenvalue weighted by atomic mass is 10.0. The Bertz CT molecular complexity index is 1160. The van der Waals surface area contributed by atoms with E-state index < -0.39 is 12.1 Å². The normalized spacial score (nSPS) is 12.4. The van der Waals surface area contributed by atoms with Crippen LogP contribution in [0.4, 0.5) is 0 Å². The highest BCUT2D eigenvalue weighted by Crippen LogP contribution is 2.20. The largest absolute Gasteiger partial charge is 0.466 e. The van der Waals surface area contributed by atoms with E-state index in [-0.39, 0.29) is 18.5 Å². The lowest BCUT2D eigenvalue weighted by molar-refractivity contribution is -0.143. The number of ether oxygens (including phenoxy) is 1. The summed E-state index contributed by atoms with van der Waals surface area (Å²) in [6.45, 7) is 5.01. The minimum absolute atomic E-state index is 0.0265. The van der Waals surface area contributed by atoms with E-state index in [1.165, 1.54) is 366 Å². The maximum absolute atomic E-state index is 12.5. The zero-order valence-corrected chi connectivity index (χ0v) is 54.9. The third-order valence-corrected chi connectivity index (χ3v) is 17.9. The first kappa shape index (κ1) is 78.9.